The van der Waals surface area contributed by atoms with E-state index in [1.807, 2.05) is 4.90 Å². The Labute approximate surface area is 141 Å². The number of likely N-dealkylation sites (tertiary alicyclic amines) is 1. The Balaban J connectivity index is 1.46. The van der Waals surface area contributed by atoms with E-state index in [-0.39, 0.29) is 11.6 Å². The first kappa shape index (κ1) is 16.6. The molecule has 24 heavy (non-hydrogen) atoms. The summed E-state index contributed by atoms with van der Waals surface area (Å²) in [4.78, 5) is 18.7. The van der Waals surface area contributed by atoms with Gasteiger partial charge in [0.05, 0.1) is 0 Å². The topological polar surface area (TPSA) is 84.0 Å². The highest BCUT2D eigenvalue weighted by molar-refractivity contribution is 5.76. The van der Waals surface area contributed by atoms with Crippen molar-refractivity contribution in [1.82, 2.24) is 15.0 Å². The molecule has 0 spiro atoms. The van der Waals surface area contributed by atoms with Crippen molar-refractivity contribution in [3.05, 3.63) is 11.7 Å². The van der Waals surface area contributed by atoms with Crippen molar-refractivity contribution in [2.75, 3.05) is 13.1 Å². The molecule has 1 aromatic rings. The fourth-order valence-corrected chi connectivity index (χ4v) is 3.27. The lowest BCUT2D eigenvalue weighted by molar-refractivity contribution is -0.133. The molecule has 128 valence electrons. The second-order valence-electron chi connectivity index (χ2n) is 6.67. The molecule has 1 amide bonds. The number of aryl methyl sites for hydroxylation is 1. The van der Waals surface area contributed by atoms with Crippen LogP contribution in [-0.2, 0) is 11.2 Å². The van der Waals surface area contributed by atoms with Crippen LogP contribution in [0.5, 0.6) is 0 Å². The molecule has 1 unspecified atom stereocenters. The molecule has 0 bridgehead atoms. The van der Waals surface area contributed by atoms with Gasteiger partial charge in [-0.15, -0.1) is 12.3 Å². The standard InChI is InChI=1S/C17H23N5O2/c1-3-4-8-17(20-21-17)9-7-16(23)22-10-5-6-14(12-22)11-15-18-13(2)24-19-15/h1,14H,4-12H2,2H3. The number of hydrogen-bond donors (Lipinski definition) is 0. The van der Waals surface area contributed by atoms with Crippen molar-refractivity contribution in [3.63, 3.8) is 0 Å². The lowest BCUT2D eigenvalue weighted by Gasteiger charge is -2.32. The number of hydrogen-bond acceptors (Lipinski definition) is 6. The third kappa shape index (κ3) is 4.19. The van der Waals surface area contributed by atoms with Gasteiger partial charge in [0.2, 0.25) is 11.8 Å². The molecule has 7 heteroatoms. The van der Waals surface area contributed by atoms with E-state index in [1.165, 1.54) is 0 Å². The Morgan fingerprint density at radius 2 is 2.29 bits per heavy atom. The van der Waals surface area contributed by atoms with Gasteiger partial charge in [0, 0.05) is 52.1 Å². The van der Waals surface area contributed by atoms with Crippen molar-refractivity contribution in [1.29, 1.82) is 0 Å². The Morgan fingerprint density at radius 1 is 1.46 bits per heavy atom. The molecular weight excluding hydrogens is 306 g/mol. The number of nitrogens with zero attached hydrogens (tertiary/aromatic N) is 5. The lowest BCUT2D eigenvalue weighted by Crippen LogP contribution is -2.40. The number of piperidine rings is 1. The minimum absolute atomic E-state index is 0.182. The predicted octanol–water partition coefficient (Wildman–Crippen LogP) is 2.51. The predicted molar refractivity (Wildman–Crippen MR) is 86.9 cm³/mol. The normalized spacial score (nSPS) is 21.5. The summed E-state index contributed by atoms with van der Waals surface area (Å²) in [5.74, 6) is 4.50. The van der Waals surface area contributed by atoms with Gasteiger partial charge in [0.25, 0.3) is 0 Å². The molecule has 1 fully saturated rings. The van der Waals surface area contributed by atoms with Gasteiger partial charge in [-0.1, -0.05) is 5.16 Å². The van der Waals surface area contributed by atoms with Crippen LogP contribution in [-0.4, -0.2) is 39.7 Å². The first-order chi connectivity index (χ1) is 11.6. The fraction of sp³-hybridized carbons (Fsp3) is 0.706. The Morgan fingerprint density at radius 3 is 2.96 bits per heavy atom. The number of carbonyl (C=O) groups is 1. The molecule has 7 nitrogen and oxygen atoms in total. The van der Waals surface area contributed by atoms with E-state index < -0.39 is 0 Å². The van der Waals surface area contributed by atoms with Crippen molar-refractivity contribution < 1.29 is 9.32 Å². The average molecular weight is 329 g/mol. The molecule has 0 saturated carbocycles. The Hall–Kier alpha value is -2.23. The van der Waals surface area contributed by atoms with Gasteiger partial charge >= 0.3 is 0 Å². The maximum absolute atomic E-state index is 12.5. The molecule has 3 rings (SSSR count). The maximum Gasteiger partial charge on any atom is 0.223 e. The number of terminal acetylenes is 1. The van der Waals surface area contributed by atoms with Crippen LogP contribution < -0.4 is 0 Å². The zero-order chi connectivity index (χ0) is 17.0. The second kappa shape index (κ2) is 7.12. The molecule has 0 N–H and O–H groups in total. The molecule has 2 aliphatic heterocycles. The summed E-state index contributed by atoms with van der Waals surface area (Å²) in [7, 11) is 0. The van der Waals surface area contributed by atoms with Crippen molar-refractivity contribution >= 4 is 5.91 Å². The van der Waals surface area contributed by atoms with E-state index in [9.17, 15) is 4.79 Å². The van der Waals surface area contributed by atoms with Gasteiger partial charge in [0.15, 0.2) is 11.5 Å². The first-order valence-corrected chi connectivity index (χ1v) is 8.55. The van der Waals surface area contributed by atoms with Gasteiger partial charge in [-0.25, -0.2) is 0 Å². The zero-order valence-electron chi connectivity index (χ0n) is 14.1. The van der Waals surface area contributed by atoms with Crippen LogP contribution in [0.3, 0.4) is 0 Å². The van der Waals surface area contributed by atoms with Gasteiger partial charge in [-0.3, -0.25) is 4.79 Å². The van der Waals surface area contributed by atoms with Crippen molar-refractivity contribution in [2.24, 2.45) is 16.1 Å². The molecule has 0 radical (unpaired) electrons. The summed E-state index contributed by atoms with van der Waals surface area (Å²) in [6.07, 6.45) is 10.7. The van der Waals surface area contributed by atoms with E-state index >= 15 is 0 Å². The van der Waals surface area contributed by atoms with Crippen LogP contribution in [0, 0.1) is 25.2 Å². The summed E-state index contributed by atoms with van der Waals surface area (Å²) in [5.41, 5.74) is -0.376. The van der Waals surface area contributed by atoms with E-state index in [2.05, 4.69) is 26.3 Å². The zero-order valence-corrected chi connectivity index (χ0v) is 14.1. The number of rotatable bonds is 7. The number of aromatic nitrogens is 2. The summed E-state index contributed by atoms with van der Waals surface area (Å²) in [6, 6.07) is 0. The molecule has 0 aliphatic carbocycles. The van der Waals surface area contributed by atoms with Crippen LogP contribution in [0.1, 0.15) is 50.2 Å². The van der Waals surface area contributed by atoms with E-state index in [0.29, 0.717) is 31.1 Å². The maximum atomic E-state index is 12.5. The molecule has 1 aromatic heterocycles. The lowest BCUT2D eigenvalue weighted by atomic mass is 9.94. The highest BCUT2D eigenvalue weighted by Gasteiger charge is 2.39. The molecule has 1 saturated heterocycles. The molecule has 1 atom stereocenters. The minimum Gasteiger partial charge on any atom is -0.342 e. The number of amides is 1. The van der Waals surface area contributed by atoms with Crippen LogP contribution >= 0.6 is 0 Å². The fourth-order valence-electron chi connectivity index (χ4n) is 3.27. The Bertz CT molecular complexity index is 654. The van der Waals surface area contributed by atoms with Crippen LogP contribution in [0.4, 0.5) is 0 Å². The molecular formula is C17H23N5O2. The summed E-state index contributed by atoms with van der Waals surface area (Å²) in [6.45, 7) is 3.38. The average Bonchev–Trinajstić information content (AvgIpc) is 3.25. The SMILES string of the molecule is C#CCCC1(CCC(=O)N2CCCC(Cc3noc(C)n3)C2)N=N1. The van der Waals surface area contributed by atoms with Gasteiger partial charge in [0.1, 0.15) is 0 Å². The van der Waals surface area contributed by atoms with Crippen LogP contribution in [0.15, 0.2) is 14.8 Å². The van der Waals surface area contributed by atoms with E-state index in [0.717, 1.165) is 44.6 Å². The monoisotopic (exact) mass is 329 g/mol. The highest BCUT2D eigenvalue weighted by atomic mass is 16.5. The second-order valence-corrected chi connectivity index (χ2v) is 6.67. The minimum atomic E-state index is -0.376. The number of carbonyl (C=O) groups excluding carboxylic acids is 1. The summed E-state index contributed by atoms with van der Waals surface area (Å²) >= 11 is 0. The first-order valence-electron chi connectivity index (χ1n) is 8.55. The summed E-state index contributed by atoms with van der Waals surface area (Å²) < 4.78 is 5.02. The molecule has 0 aromatic carbocycles. The third-order valence-electron chi connectivity index (χ3n) is 4.70. The van der Waals surface area contributed by atoms with Crippen molar-refractivity contribution in [2.45, 2.75) is 57.5 Å². The highest BCUT2D eigenvalue weighted by Crippen LogP contribution is 2.37. The van der Waals surface area contributed by atoms with E-state index in [4.69, 9.17) is 10.9 Å². The van der Waals surface area contributed by atoms with Crippen LogP contribution in [0.25, 0.3) is 0 Å². The largest absolute Gasteiger partial charge is 0.342 e. The summed E-state index contributed by atoms with van der Waals surface area (Å²) in [5, 5.41) is 12.1. The smallest absolute Gasteiger partial charge is 0.223 e. The Kier molecular flexibility index (Phi) is 4.93. The third-order valence-corrected chi connectivity index (χ3v) is 4.70. The molecule has 2 aliphatic rings. The molecule has 3 heterocycles. The van der Waals surface area contributed by atoms with Gasteiger partial charge < -0.3 is 9.42 Å². The van der Waals surface area contributed by atoms with Gasteiger partial charge in [-0.05, 0) is 18.8 Å². The van der Waals surface area contributed by atoms with Crippen molar-refractivity contribution in [3.8, 4) is 12.3 Å². The quantitative estimate of drug-likeness (QED) is 0.720. The van der Waals surface area contributed by atoms with Crippen LogP contribution in [0.2, 0.25) is 0 Å². The van der Waals surface area contributed by atoms with E-state index in [1.54, 1.807) is 6.92 Å². The van der Waals surface area contributed by atoms with Gasteiger partial charge in [-0.2, -0.15) is 15.2 Å².